The Balaban J connectivity index is 2.14. The number of nitrogens with zero attached hydrogens (tertiary/aromatic N) is 1. The van der Waals surface area contributed by atoms with E-state index in [2.05, 4.69) is 43.5 Å². The van der Waals surface area contributed by atoms with Crippen LogP contribution in [0.3, 0.4) is 0 Å². The molecule has 1 aromatic carbocycles. The summed E-state index contributed by atoms with van der Waals surface area (Å²) in [5, 5.41) is 0. The van der Waals surface area contributed by atoms with Gasteiger partial charge in [0.15, 0.2) is 0 Å². The molecule has 96 valence electrons. The number of epoxide rings is 1. The lowest BCUT2D eigenvalue weighted by molar-refractivity contribution is -0.930. The molecule has 0 aliphatic carbocycles. The first-order valence-electron chi connectivity index (χ1n) is 6.50. The monoisotopic (exact) mass is 244 g/mol. The lowest BCUT2D eigenvalue weighted by Crippen LogP contribution is -2.50. The number of quaternary nitrogens is 1. The summed E-state index contributed by atoms with van der Waals surface area (Å²) < 4.78 is 6.37. The normalized spacial score (nSPS) is 18.3. The summed E-state index contributed by atoms with van der Waals surface area (Å²) >= 11 is 0. The standard InChI is InChI=1S/C16H22NO/c1-3-10-17(11-4-2,13-16-14-18-16)12-15-8-6-5-7-9-15/h3-9,16H,1-2,10-14H2/q+1. The molecule has 1 unspecified atom stereocenters. The van der Waals surface area contributed by atoms with Gasteiger partial charge in [-0.15, -0.1) is 0 Å². The lowest BCUT2D eigenvalue weighted by Gasteiger charge is -2.36. The minimum Gasteiger partial charge on any atom is -0.367 e. The Morgan fingerprint density at radius 3 is 2.28 bits per heavy atom. The van der Waals surface area contributed by atoms with Crippen LogP contribution in [0.2, 0.25) is 0 Å². The minimum atomic E-state index is 0.425. The molecule has 2 heteroatoms. The highest BCUT2D eigenvalue weighted by Crippen LogP contribution is 2.21. The van der Waals surface area contributed by atoms with E-state index in [1.165, 1.54) is 5.56 Å². The molecule has 0 bridgehead atoms. The first-order valence-corrected chi connectivity index (χ1v) is 6.50. The SMILES string of the molecule is C=CC[N+](CC=C)(Cc1ccccc1)CC1CO1. The maximum Gasteiger partial charge on any atom is 0.130 e. The molecular weight excluding hydrogens is 222 g/mol. The Labute approximate surface area is 110 Å². The summed E-state index contributed by atoms with van der Waals surface area (Å²) in [7, 11) is 0. The molecule has 1 fully saturated rings. The van der Waals surface area contributed by atoms with Crippen molar-refractivity contribution in [2.45, 2.75) is 12.6 Å². The molecule has 2 rings (SSSR count). The van der Waals surface area contributed by atoms with Gasteiger partial charge in [0.2, 0.25) is 0 Å². The summed E-state index contributed by atoms with van der Waals surface area (Å²) in [6.45, 7) is 12.7. The number of hydrogen-bond donors (Lipinski definition) is 0. The minimum absolute atomic E-state index is 0.425. The smallest absolute Gasteiger partial charge is 0.130 e. The summed E-state index contributed by atoms with van der Waals surface area (Å²) in [6, 6.07) is 10.6. The molecule has 0 saturated carbocycles. The van der Waals surface area contributed by atoms with Crippen LogP contribution in [-0.2, 0) is 11.3 Å². The molecule has 0 aromatic heterocycles. The van der Waals surface area contributed by atoms with E-state index in [-0.39, 0.29) is 0 Å². The van der Waals surface area contributed by atoms with Gasteiger partial charge >= 0.3 is 0 Å². The number of ether oxygens (including phenoxy) is 1. The van der Waals surface area contributed by atoms with Crippen molar-refractivity contribution >= 4 is 0 Å². The van der Waals surface area contributed by atoms with Gasteiger partial charge in [-0.2, -0.15) is 0 Å². The Hall–Kier alpha value is -1.38. The van der Waals surface area contributed by atoms with Crippen LogP contribution in [0.25, 0.3) is 0 Å². The highest BCUT2D eigenvalue weighted by atomic mass is 16.6. The summed E-state index contributed by atoms with van der Waals surface area (Å²) in [6.07, 6.45) is 4.44. The van der Waals surface area contributed by atoms with E-state index < -0.39 is 0 Å². The van der Waals surface area contributed by atoms with Gasteiger partial charge in [0.1, 0.15) is 19.2 Å². The Bertz CT molecular complexity index is 385. The fraction of sp³-hybridized carbons (Fsp3) is 0.375. The molecule has 0 radical (unpaired) electrons. The van der Waals surface area contributed by atoms with Crippen LogP contribution in [0.15, 0.2) is 55.6 Å². The number of rotatable bonds is 8. The molecule has 1 aliphatic rings. The van der Waals surface area contributed by atoms with E-state index in [1.807, 2.05) is 12.2 Å². The van der Waals surface area contributed by atoms with Crippen molar-refractivity contribution in [2.24, 2.45) is 0 Å². The van der Waals surface area contributed by atoms with Gasteiger partial charge in [-0.1, -0.05) is 43.5 Å². The average Bonchev–Trinajstić information content (AvgIpc) is 3.15. The molecule has 1 atom stereocenters. The van der Waals surface area contributed by atoms with Crippen molar-refractivity contribution in [1.29, 1.82) is 0 Å². The largest absolute Gasteiger partial charge is 0.367 e. The Morgan fingerprint density at radius 1 is 1.17 bits per heavy atom. The fourth-order valence-corrected chi connectivity index (χ4v) is 2.54. The predicted molar refractivity (Wildman–Crippen MR) is 75.1 cm³/mol. The van der Waals surface area contributed by atoms with Gasteiger partial charge in [-0.3, -0.25) is 0 Å². The molecule has 1 aromatic rings. The van der Waals surface area contributed by atoms with Gasteiger partial charge in [-0.05, 0) is 12.2 Å². The molecule has 1 aliphatic heterocycles. The second kappa shape index (κ2) is 5.98. The topological polar surface area (TPSA) is 12.5 Å². The highest BCUT2D eigenvalue weighted by molar-refractivity contribution is 5.13. The van der Waals surface area contributed by atoms with E-state index >= 15 is 0 Å². The molecule has 0 amide bonds. The zero-order chi connectivity index (χ0) is 12.8. The van der Waals surface area contributed by atoms with E-state index in [0.717, 1.165) is 37.3 Å². The van der Waals surface area contributed by atoms with Crippen molar-refractivity contribution in [2.75, 3.05) is 26.2 Å². The van der Waals surface area contributed by atoms with Crippen LogP contribution in [-0.4, -0.2) is 36.8 Å². The quantitative estimate of drug-likeness (QED) is 0.389. The van der Waals surface area contributed by atoms with Crippen molar-refractivity contribution in [1.82, 2.24) is 0 Å². The van der Waals surface area contributed by atoms with Gasteiger partial charge in [0, 0.05) is 5.56 Å². The van der Waals surface area contributed by atoms with Crippen molar-refractivity contribution in [3.63, 3.8) is 0 Å². The second-order valence-electron chi connectivity index (χ2n) is 5.07. The summed E-state index contributed by atoms with van der Waals surface area (Å²) in [5.74, 6) is 0. The van der Waals surface area contributed by atoms with Gasteiger partial charge in [-0.25, -0.2) is 0 Å². The van der Waals surface area contributed by atoms with Gasteiger partial charge in [0.05, 0.1) is 19.7 Å². The third-order valence-electron chi connectivity index (χ3n) is 3.39. The third kappa shape index (κ3) is 3.56. The second-order valence-corrected chi connectivity index (χ2v) is 5.07. The van der Waals surface area contributed by atoms with Crippen LogP contribution < -0.4 is 0 Å². The first-order chi connectivity index (χ1) is 8.78. The fourth-order valence-electron chi connectivity index (χ4n) is 2.54. The molecule has 0 N–H and O–H groups in total. The third-order valence-corrected chi connectivity index (χ3v) is 3.39. The lowest BCUT2D eigenvalue weighted by atomic mass is 10.1. The predicted octanol–water partition coefficient (Wildman–Crippen LogP) is 2.77. The van der Waals surface area contributed by atoms with Crippen LogP contribution in [0, 0.1) is 0 Å². The molecule has 0 spiro atoms. The summed E-state index contributed by atoms with van der Waals surface area (Å²) in [5.41, 5.74) is 1.36. The Kier molecular flexibility index (Phi) is 4.34. The molecule has 1 saturated heterocycles. The van der Waals surface area contributed by atoms with Crippen molar-refractivity contribution < 1.29 is 9.22 Å². The van der Waals surface area contributed by atoms with E-state index in [4.69, 9.17) is 4.74 Å². The molecular formula is C16H22NO+. The van der Waals surface area contributed by atoms with Crippen LogP contribution in [0.1, 0.15) is 5.56 Å². The van der Waals surface area contributed by atoms with Crippen LogP contribution >= 0.6 is 0 Å². The first kappa shape index (κ1) is 13.1. The summed E-state index contributed by atoms with van der Waals surface area (Å²) in [4.78, 5) is 0. The maximum atomic E-state index is 5.41. The van der Waals surface area contributed by atoms with Crippen molar-refractivity contribution in [3.05, 3.63) is 61.2 Å². The molecule has 2 nitrogen and oxygen atoms in total. The van der Waals surface area contributed by atoms with Gasteiger partial charge < -0.3 is 9.22 Å². The van der Waals surface area contributed by atoms with Crippen LogP contribution in [0.4, 0.5) is 0 Å². The van der Waals surface area contributed by atoms with Crippen molar-refractivity contribution in [3.8, 4) is 0 Å². The zero-order valence-corrected chi connectivity index (χ0v) is 10.9. The molecule has 1 heterocycles. The maximum absolute atomic E-state index is 5.41. The van der Waals surface area contributed by atoms with Gasteiger partial charge in [0.25, 0.3) is 0 Å². The Morgan fingerprint density at radius 2 is 1.78 bits per heavy atom. The number of hydrogen-bond acceptors (Lipinski definition) is 1. The van der Waals surface area contributed by atoms with E-state index in [0.29, 0.717) is 6.10 Å². The van der Waals surface area contributed by atoms with E-state index in [1.54, 1.807) is 0 Å². The average molecular weight is 244 g/mol. The number of benzene rings is 1. The molecule has 18 heavy (non-hydrogen) atoms. The highest BCUT2D eigenvalue weighted by Gasteiger charge is 2.35. The van der Waals surface area contributed by atoms with Crippen LogP contribution in [0.5, 0.6) is 0 Å². The zero-order valence-electron chi connectivity index (χ0n) is 10.9. The van der Waals surface area contributed by atoms with E-state index in [9.17, 15) is 0 Å².